The summed E-state index contributed by atoms with van der Waals surface area (Å²) in [6.07, 6.45) is 0.449. The third-order valence-corrected chi connectivity index (χ3v) is 11.1. The zero-order valence-electron chi connectivity index (χ0n) is 32.7. The van der Waals surface area contributed by atoms with E-state index in [-0.39, 0.29) is 38.8 Å². The van der Waals surface area contributed by atoms with Crippen LogP contribution in [0.2, 0.25) is 0 Å². The highest BCUT2D eigenvalue weighted by Gasteiger charge is 2.44. The minimum atomic E-state index is -1.49. The molecule has 7 amide bonds. The molecular formula is C41H55N7O9. The summed E-state index contributed by atoms with van der Waals surface area (Å²) in [5.74, 6) is -5.36. The van der Waals surface area contributed by atoms with Crippen LogP contribution in [0.1, 0.15) is 64.0 Å². The van der Waals surface area contributed by atoms with Gasteiger partial charge in [-0.1, -0.05) is 80.9 Å². The lowest BCUT2D eigenvalue weighted by Gasteiger charge is -2.33. The molecule has 0 aliphatic carbocycles. The molecule has 2 aromatic rings. The molecule has 3 saturated heterocycles. The van der Waals surface area contributed by atoms with Crippen LogP contribution in [-0.4, -0.2) is 129 Å². The van der Waals surface area contributed by atoms with Gasteiger partial charge in [0.15, 0.2) is 0 Å². The molecule has 308 valence electrons. The lowest BCUT2D eigenvalue weighted by Crippen LogP contribution is -2.61. The first-order valence-electron chi connectivity index (χ1n) is 19.8. The molecule has 5 rings (SSSR count). The van der Waals surface area contributed by atoms with Crippen LogP contribution < -0.4 is 26.6 Å². The third kappa shape index (κ3) is 10.5. The Hall–Kier alpha value is -5.35. The van der Waals surface area contributed by atoms with Crippen molar-refractivity contribution in [2.45, 2.75) is 114 Å². The first kappa shape index (κ1) is 42.8. The first-order chi connectivity index (χ1) is 27.3. The molecule has 16 nitrogen and oxygen atoms in total. The molecule has 0 aromatic heterocycles. The summed E-state index contributed by atoms with van der Waals surface area (Å²) in [4.78, 5) is 101. The Balaban J connectivity index is 1.55. The van der Waals surface area contributed by atoms with Crippen LogP contribution in [0, 0.1) is 5.92 Å². The number of nitrogens with one attached hydrogen (secondary N) is 5. The van der Waals surface area contributed by atoms with E-state index in [1.54, 1.807) is 61.5 Å². The zero-order valence-corrected chi connectivity index (χ0v) is 32.7. The maximum Gasteiger partial charge on any atom is 0.248 e. The highest BCUT2D eigenvalue weighted by Crippen LogP contribution is 2.23. The van der Waals surface area contributed by atoms with Crippen molar-refractivity contribution in [1.82, 2.24) is 36.4 Å². The second kappa shape index (κ2) is 19.7. The summed E-state index contributed by atoms with van der Waals surface area (Å²) in [7, 11) is 0. The zero-order chi connectivity index (χ0) is 41.2. The van der Waals surface area contributed by atoms with Crippen LogP contribution in [-0.2, 0) is 46.4 Å². The van der Waals surface area contributed by atoms with Crippen LogP contribution >= 0.6 is 0 Å². The fourth-order valence-electron chi connectivity index (χ4n) is 7.68. The molecule has 0 saturated carbocycles. The normalized spacial score (nSPS) is 28.2. The molecule has 3 aliphatic rings. The second-order valence-electron chi connectivity index (χ2n) is 15.2. The maximum absolute atomic E-state index is 14.2. The summed E-state index contributed by atoms with van der Waals surface area (Å²) in [5, 5.41) is 34.7. The summed E-state index contributed by atoms with van der Waals surface area (Å²) < 4.78 is 0. The quantitative estimate of drug-likeness (QED) is 0.180. The monoisotopic (exact) mass is 789 g/mol. The number of aliphatic hydroxyl groups excluding tert-OH is 2. The van der Waals surface area contributed by atoms with Gasteiger partial charge in [0.1, 0.15) is 42.3 Å². The minimum Gasteiger partial charge on any atom is -0.394 e. The molecule has 9 atom stereocenters. The van der Waals surface area contributed by atoms with Crippen molar-refractivity contribution in [1.29, 1.82) is 0 Å². The van der Waals surface area contributed by atoms with Crippen LogP contribution in [0.4, 0.5) is 0 Å². The largest absolute Gasteiger partial charge is 0.394 e. The van der Waals surface area contributed by atoms with E-state index >= 15 is 0 Å². The van der Waals surface area contributed by atoms with Crippen molar-refractivity contribution in [2.75, 3.05) is 19.7 Å². The number of fused-ring (bicyclic) bond motifs is 2. The van der Waals surface area contributed by atoms with Gasteiger partial charge in [0.25, 0.3) is 0 Å². The molecule has 16 heteroatoms. The predicted octanol–water partition coefficient (Wildman–Crippen LogP) is -0.689. The van der Waals surface area contributed by atoms with E-state index in [0.717, 1.165) is 5.56 Å². The highest BCUT2D eigenvalue weighted by molar-refractivity contribution is 5.99. The van der Waals surface area contributed by atoms with Crippen molar-refractivity contribution in [3.8, 4) is 0 Å². The molecular weight excluding hydrogens is 734 g/mol. The molecule has 0 unspecified atom stereocenters. The van der Waals surface area contributed by atoms with Gasteiger partial charge >= 0.3 is 0 Å². The standard InChI is InChI=1S/C41H55N7O9/c1-4-24(2)33-39(55)43-28(21-26-13-7-5-8-14-26)35(51)44-30(23-49)40(56)47-19-11-18-32(47)38(54)46-34(25(3)50)41(57)48-20-12-17-31(48)37(53)42-29(36(52)45-33)22-27-15-9-6-10-16-27/h5-10,13-16,24-25,28-34,49-50H,4,11-12,17-23H2,1-3H3,(H,42,53)(H,43,55)(H,44,51)(H,45,52)(H,46,54)/t24-,25-,28-,29-,30-,31-,32-,33-,34+/m0/s1. The number of hydrogen-bond donors (Lipinski definition) is 7. The Bertz CT molecular complexity index is 1760. The molecule has 3 heterocycles. The van der Waals surface area contributed by atoms with E-state index in [4.69, 9.17) is 0 Å². The van der Waals surface area contributed by atoms with E-state index in [2.05, 4.69) is 26.6 Å². The van der Waals surface area contributed by atoms with E-state index < -0.39 is 102 Å². The van der Waals surface area contributed by atoms with Gasteiger partial charge in [-0.3, -0.25) is 33.6 Å². The molecule has 0 spiro atoms. The molecule has 2 aromatic carbocycles. The van der Waals surface area contributed by atoms with Crippen LogP contribution in [0.3, 0.4) is 0 Å². The van der Waals surface area contributed by atoms with Crippen molar-refractivity contribution >= 4 is 41.4 Å². The molecule has 3 fully saturated rings. The number of aliphatic hydroxyl groups is 2. The third-order valence-electron chi connectivity index (χ3n) is 11.1. The fourth-order valence-corrected chi connectivity index (χ4v) is 7.68. The van der Waals surface area contributed by atoms with Crippen molar-refractivity contribution < 1.29 is 43.8 Å². The van der Waals surface area contributed by atoms with Gasteiger partial charge < -0.3 is 46.6 Å². The molecule has 3 aliphatic heterocycles. The highest BCUT2D eigenvalue weighted by atomic mass is 16.3. The number of carbonyl (C=O) groups excluding carboxylic acids is 7. The Morgan fingerprint density at radius 2 is 1.04 bits per heavy atom. The van der Waals surface area contributed by atoms with Crippen LogP contribution in [0.25, 0.3) is 0 Å². The van der Waals surface area contributed by atoms with E-state index in [1.807, 2.05) is 13.0 Å². The van der Waals surface area contributed by atoms with Gasteiger partial charge in [-0.25, -0.2) is 0 Å². The number of carbonyl (C=O) groups is 7. The van der Waals surface area contributed by atoms with Gasteiger partial charge in [0.05, 0.1) is 12.7 Å². The summed E-state index contributed by atoms with van der Waals surface area (Å²) in [6, 6.07) is 9.16. The van der Waals surface area contributed by atoms with Gasteiger partial charge in [0.2, 0.25) is 41.4 Å². The Kier molecular flexibility index (Phi) is 14.8. The molecule has 7 N–H and O–H groups in total. The van der Waals surface area contributed by atoms with E-state index in [1.165, 1.54) is 16.7 Å². The van der Waals surface area contributed by atoms with E-state index in [9.17, 15) is 43.8 Å². The van der Waals surface area contributed by atoms with Gasteiger partial charge in [-0.15, -0.1) is 0 Å². The summed E-state index contributed by atoms with van der Waals surface area (Å²) >= 11 is 0. The first-order valence-corrected chi connectivity index (χ1v) is 19.8. The van der Waals surface area contributed by atoms with Gasteiger partial charge in [-0.2, -0.15) is 0 Å². The molecule has 0 radical (unpaired) electrons. The average Bonchev–Trinajstić information content (AvgIpc) is 3.91. The van der Waals surface area contributed by atoms with E-state index in [0.29, 0.717) is 24.8 Å². The number of hydrogen-bond acceptors (Lipinski definition) is 9. The Morgan fingerprint density at radius 1 is 0.596 bits per heavy atom. The Labute approximate surface area is 332 Å². The predicted molar refractivity (Wildman–Crippen MR) is 208 cm³/mol. The number of rotatable bonds is 8. The summed E-state index contributed by atoms with van der Waals surface area (Å²) in [6.45, 7) is 4.40. The SMILES string of the molecule is CC[C@H](C)[C@@H]1NC(=O)[C@H](Cc2ccccc2)NC(=O)[C@@H]2CCCN2C(=O)[C@@H]([C@H](C)O)NC(=O)[C@@H]2CCCN2C(=O)[C@H](CO)NC(=O)[C@H](Cc2ccccc2)NC1=O. The van der Waals surface area contributed by atoms with Crippen molar-refractivity contribution in [3.05, 3.63) is 71.8 Å². The lowest BCUT2D eigenvalue weighted by molar-refractivity contribution is -0.146. The maximum atomic E-state index is 14.2. The van der Waals surface area contributed by atoms with Crippen LogP contribution in [0.15, 0.2) is 60.7 Å². The number of benzene rings is 2. The Morgan fingerprint density at radius 3 is 1.53 bits per heavy atom. The van der Waals surface area contributed by atoms with Gasteiger partial charge in [0, 0.05) is 25.9 Å². The average molecular weight is 790 g/mol. The molecule has 57 heavy (non-hydrogen) atoms. The van der Waals surface area contributed by atoms with Gasteiger partial charge in [-0.05, 0) is 49.7 Å². The number of amides is 7. The topological polar surface area (TPSA) is 227 Å². The number of nitrogens with zero attached hydrogens (tertiary/aromatic N) is 2. The summed E-state index contributed by atoms with van der Waals surface area (Å²) in [5.41, 5.74) is 1.40. The smallest absolute Gasteiger partial charge is 0.248 e. The fraction of sp³-hybridized carbons (Fsp3) is 0.537. The van der Waals surface area contributed by atoms with Crippen molar-refractivity contribution in [3.63, 3.8) is 0 Å². The lowest BCUT2D eigenvalue weighted by atomic mass is 9.96. The molecule has 0 bridgehead atoms. The minimum absolute atomic E-state index is 0.00000909. The van der Waals surface area contributed by atoms with Crippen LogP contribution in [0.5, 0.6) is 0 Å². The van der Waals surface area contributed by atoms with Crippen molar-refractivity contribution in [2.24, 2.45) is 5.92 Å². The second-order valence-corrected chi connectivity index (χ2v) is 15.2.